The molecule has 1 nitrogen and oxygen atoms in total. The van der Waals surface area contributed by atoms with Crippen molar-refractivity contribution in [3.8, 4) is 0 Å². The highest BCUT2D eigenvalue weighted by Gasteiger charge is 2.18. The van der Waals surface area contributed by atoms with Crippen LogP contribution in [-0.2, 0) is 6.61 Å². The Hall–Kier alpha value is -1.12. The van der Waals surface area contributed by atoms with Crippen molar-refractivity contribution in [2.75, 3.05) is 0 Å². The SMILES string of the molecule is C=C(/C(C)=C/c1ccccc1CO)[Si](C)(C)C. The Morgan fingerprint density at radius 1 is 1.29 bits per heavy atom. The molecule has 0 amide bonds. The fourth-order valence-electron chi connectivity index (χ4n) is 1.73. The van der Waals surface area contributed by atoms with Crippen molar-refractivity contribution in [3.63, 3.8) is 0 Å². The summed E-state index contributed by atoms with van der Waals surface area (Å²) in [6, 6.07) is 7.93. The predicted octanol–water partition coefficient (Wildman–Crippen LogP) is 4.02. The first kappa shape index (κ1) is 13.9. The van der Waals surface area contributed by atoms with Crippen LogP contribution in [0.1, 0.15) is 18.1 Å². The van der Waals surface area contributed by atoms with E-state index in [2.05, 4.69) is 39.2 Å². The molecule has 0 aliphatic carbocycles. The first-order valence-electron chi connectivity index (χ1n) is 5.93. The molecular formula is C15H22OSi. The minimum Gasteiger partial charge on any atom is -0.392 e. The summed E-state index contributed by atoms with van der Waals surface area (Å²) < 4.78 is 0. The maximum atomic E-state index is 9.29. The zero-order valence-corrected chi connectivity index (χ0v) is 12.2. The quantitative estimate of drug-likeness (QED) is 0.628. The third-order valence-electron chi connectivity index (χ3n) is 2.98. The summed E-state index contributed by atoms with van der Waals surface area (Å²) in [6.45, 7) is 13.3. The summed E-state index contributed by atoms with van der Waals surface area (Å²) in [5, 5.41) is 10.6. The molecule has 2 heteroatoms. The fourth-order valence-corrected chi connectivity index (χ4v) is 2.99. The van der Waals surface area contributed by atoms with Crippen molar-refractivity contribution in [2.24, 2.45) is 0 Å². The van der Waals surface area contributed by atoms with Gasteiger partial charge in [-0.25, -0.2) is 0 Å². The van der Waals surface area contributed by atoms with Crippen LogP contribution in [0.4, 0.5) is 0 Å². The fraction of sp³-hybridized carbons (Fsp3) is 0.333. The van der Waals surface area contributed by atoms with Crippen LogP contribution in [0.5, 0.6) is 0 Å². The molecular weight excluding hydrogens is 224 g/mol. The second kappa shape index (κ2) is 5.47. The number of benzene rings is 1. The van der Waals surface area contributed by atoms with E-state index in [-0.39, 0.29) is 6.61 Å². The average molecular weight is 246 g/mol. The Labute approximate surface area is 106 Å². The lowest BCUT2D eigenvalue weighted by atomic mass is 10.1. The van der Waals surface area contributed by atoms with Crippen LogP contribution < -0.4 is 0 Å². The van der Waals surface area contributed by atoms with E-state index in [9.17, 15) is 5.11 Å². The van der Waals surface area contributed by atoms with Crippen LogP contribution in [0.2, 0.25) is 19.6 Å². The molecule has 0 fully saturated rings. The summed E-state index contributed by atoms with van der Waals surface area (Å²) >= 11 is 0. The Morgan fingerprint density at radius 2 is 1.88 bits per heavy atom. The minimum absolute atomic E-state index is 0.0827. The van der Waals surface area contributed by atoms with Crippen LogP contribution in [-0.4, -0.2) is 13.2 Å². The molecule has 17 heavy (non-hydrogen) atoms. The lowest BCUT2D eigenvalue weighted by Crippen LogP contribution is -2.23. The number of aliphatic hydroxyl groups is 1. The molecule has 0 unspecified atom stereocenters. The van der Waals surface area contributed by atoms with Crippen LogP contribution in [0.15, 0.2) is 41.6 Å². The third kappa shape index (κ3) is 3.68. The normalized spacial score (nSPS) is 12.6. The van der Waals surface area contributed by atoms with Crippen molar-refractivity contribution >= 4 is 14.1 Å². The lowest BCUT2D eigenvalue weighted by molar-refractivity contribution is 0.281. The molecule has 1 rings (SSSR count). The van der Waals surface area contributed by atoms with Gasteiger partial charge in [0, 0.05) is 0 Å². The van der Waals surface area contributed by atoms with Gasteiger partial charge in [-0.05, 0) is 18.1 Å². The average Bonchev–Trinajstić information content (AvgIpc) is 2.27. The van der Waals surface area contributed by atoms with Crippen molar-refractivity contribution in [2.45, 2.75) is 33.2 Å². The van der Waals surface area contributed by atoms with E-state index in [4.69, 9.17) is 0 Å². The molecule has 0 radical (unpaired) electrons. The van der Waals surface area contributed by atoms with Gasteiger partial charge in [-0.3, -0.25) is 0 Å². The topological polar surface area (TPSA) is 20.2 Å². The highest BCUT2D eigenvalue weighted by molar-refractivity contribution is 6.83. The molecule has 0 aliphatic rings. The highest BCUT2D eigenvalue weighted by atomic mass is 28.3. The third-order valence-corrected chi connectivity index (χ3v) is 5.18. The van der Waals surface area contributed by atoms with Gasteiger partial charge in [-0.15, -0.1) is 0 Å². The Kier molecular flexibility index (Phi) is 4.49. The van der Waals surface area contributed by atoms with Crippen LogP contribution in [0, 0.1) is 0 Å². The van der Waals surface area contributed by atoms with Crippen LogP contribution >= 0.6 is 0 Å². The molecule has 92 valence electrons. The summed E-state index contributed by atoms with van der Waals surface area (Å²) in [7, 11) is -1.33. The first-order chi connectivity index (χ1) is 7.86. The molecule has 0 saturated carbocycles. The standard InChI is InChI=1S/C15H22OSi/c1-12(13(2)17(3,4)5)10-14-8-6-7-9-15(14)11-16/h6-10,16H,2,11H2,1,3-5H3/b12-10+. The molecule has 0 heterocycles. The van der Waals surface area contributed by atoms with Gasteiger partial charge < -0.3 is 5.11 Å². The number of hydrogen-bond acceptors (Lipinski definition) is 1. The predicted molar refractivity (Wildman–Crippen MR) is 78.5 cm³/mol. The summed E-state index contributed by atoms with van der Waals surface area (Å²) in [5.41, 5.74) is 3.28. The maximum Gasteiger partial charge on any atom is 0.0771 e. The van der Waals surface area contributed by atoms with E-state index in [0.29, 0.717) is 0 Å². The molecule has 1 aromatic carbocycles. The van der Waals surface area contributed by atoms with Gasteiger partial charge in [0.2, 0.25) is 0 Å². The van der Waals surface area contributed by atoms with Gasteiger partial charge in [0.25, 0.3) is 0 Å². The monoisotopic (exact) mass is 246 g/mol. The summed E-state index contributed by atoms with van der Waals surface area (Å²) in [4.78, 5) is 0. The van der Waals surface area contributed by atoms with Gasteiger partial charge in [0.05, 0.1) is 14.7 Å². The Bertz CT molecular complexity index is 438. The molecule has 0 atom stereocenters. The number of aliphatic hydroxyl groups excluding tert-OH is 1. The van der Waals surface area contributed by atoms with E-state index in [0.717, 1.165) is 11.1 Å². The van der Waals surface area contributed by atoms with E-state index < -0.39 is 8.07 Å². The molecule has 0 aromatic heterocycles. The van der Waals surface area contributed by atoms with Crippen LogP contribution in [0.3, 0.4) is 0 Å². The number of hydrogen-bond donors (Lipinski definition) is 1. The van der Waals surface area contributed by atoms with Gasteiger partial charge in [-0.2, -0.15) is 0 Å². The number of allylic oxidation sites excluding steroid dienone is 2. The number of rotatable bonds is 4. The van der Waals surface area contributed by atoms with Gasteiger partial charge in [0.1, 0.15) is 0 Å². The summed E-state index contributed by atoms with van der Waals surface area (Å²) in [6.07, 6.45) is 2.13. The van der Waals surface area contributed by atoms with E-state index >= 15 is 0 Å². The van der Waals surface area contributed by atoms with Crippen molar-refractivity contribution in [1.82, 2.24) is 0 Å². The van der Waals surface area contributed by atoms with Crippen molar-refractivity contribution < 1.29 is 5.11 Å². The molecule has 1 N–H and O–H groups in total. The van der Waals surface area contributed by atoms with E-state index in [1.807, 2.05) is 24.3 Å². The molecule has 0 aliphatic heterocycles. The Balaban J connectivity index is 3.07. The van der Waals surface area contributed by atoms with Gasteiger partial charge >= 0.3 is 0 Å². The van der Waals surface area contributed by atoms with Crippen molar-refractivity contribution in [3.05, 3.63) is 52.7 Å². The van der Waals surface area contributed by atoms with Gasteiger partial charge in [0.15, 0.2) is 0 Å². The zero-order valence-electron chi connectivity index (χ0n) is 11.2. The smallest absolute Gasteiger partial charge is 0.0771 e. The van der Waals surface area contributed by atoms with E-state index in [1.165, 1.54) is 10.8 Å². The molecule has 1 aromatic rings. The molecule has 0 bridgehead atoms. The van der Waals surface area contributed by atoms with Crippen LogP contribution in [0.25, 0.3) is 6.08 Å². The second-order valence-corrected chi connectivity index (χ2v) is 10.5. The molecule has 0 saturated heterocycles. The minimum atomic E-state index is -1.33. The largest absolute Gasteiger partial charge is 0.392 e. The summed E-state index contributed by atoms with van der Waals surface area (Å²) in [5.74, 6) is 0. The van der Waals surface area contributed by atoms with Crippen molar-refractivity contribution in [1.29, 1.82) is 0 Å². The molecule has 0 spiro atoms. The zero-order chi connectivity index (χ0) is 13.1. The maximum absolute atomic E-state index is 9.29. The van der Waals surface area contributed by atoms with E-state index in [1.54, 1.807) is 0 Å². The second-order valence-electron chi connectivity index (χ2n) is 5.41. The Morgan fingerprint density at radius 3 is 2.41 bits per heavy atom. The first-order valence-corrected chi connectivity index (χ1v) is 9.43. The lowest BCUT2D eigenvalue weighted by Gasteiger charge is -2.20. The van der Waals surface area contributed by atoms with Gasteiger partial charge in [-0.1, -0.05) is 67.3 Å². The highest BCUT2D eigenvalue weighted by Crippen LogP contribution is 2.23.